The Labute approximate surface area is 140 Å². The lowest BCUT2D eigenvalue weighted by Gasteiger charge is -2.32. The van der Waals surface area contributed by atoms with Crippen molar-refractivity contribution < 1.29 is 14.1 Å². The number of hydrogen-bond donors (Lipinski definition) is 0. The van der Waals surface area contributed by atoms with E-state index in [1.807, 2.05) is 38.1 Å². The highest BCUT2D eigenvalue weighted by Gasteiger charge is 2.27. The maximum Gasteiger partial charge on any atom is 0.260 e. The van der Waals surface area contributed by atoms with Crippen molar-refractivity contribution in [2.75, 3.05) is 26.7 Å². The van der Waals surface area contributed by atoms with E-state index in [1.54, 1.807) is 0 Å². The third-order valence-corrected chi connectivity index (χ3v) is 4.61. The van der Waals surface area contributed by atoms with Crippen molar-refractivity contribution in [1.82, 2.24) is 4.90 Å². The summed E-state index contributed by atoms with van der Waals surface area (Å²) in [5.41, 5.74) is 1.83. The van der Waals surface area contributed by atoms with Gasteiger partial charge in [0.1, 0.15) is 6.54 Å². The summed E-state index contributed by atoms with van der Waals surface area (Å²) in [6, 6.07) is 7.71. The molecule has 0 aliphatic carbocycles. The van der Waals surface area contributed by atoms with Gasteiger partial charge in [-0.05, 0) is 32.4 Å². The van der Waals surface area contributed by atoms with E-state index in [2.05, 4.69) is 20.9 Å². The van der Waals surface area contributed by atoms with Crippen LogP contribution in [0.4, 0.5) is 0 Å². The zero-order chi connectivity index (χ0) is 17.5. The zero-order valence-corrected chi connectivity index (χ0v) is 15.3. The molecule has 0 bridgehead atoms. The molecule has 0 N–H and O–H groups in total. The second kappa shape index (κ2) is 8.82. The molecule has 0 unspecified atom stereocenters. The summed E-state index contributed by atoms with van der Waals surface area (Å²) in [6.07, 6.45) is 1.28. The summed E-state index contributed by atoms with van der Waals surface area (Å²) in [7, 11) is 2.24. The average molecular weight is 319 g/mol. The van der Waals surface area contributed by atoms with Gasteiger partial charge >= 0.3 is 0 Å². The molecule has 1 aromatic rings. The number of carbonyl (C=O) groups is 2. The van der Waals surface area contributed by atoms with Gasteiger partial charge in [-0.15, -0.1) is 0 Å². The number of imide groups is 1. The third kappa shape index (κ3) is 4.90. The number of likely N-dealkylation sites (tertiary alicyclic amines) is 1. The summed E-state index contributed by atoms with van der Waals surface area (Å²) in [5, 5.41) is 0. The zero-order valence-electron chi connectivity index (χ0n) is 15.3. The van der Waals surface area contributed by atoms with Crippen molar-refractivity contribution in [2.24, 2.45) is 0 Å². The van der Waals surface area contributed by atoms with Crippen LogP contribution in [-0.4, -0.2) is 47.9 Å². The molecule has 1 aliphatic rings. The van der Waals surface area contributed by atoms with E-state index in [9.17, 15) is 9.59 Å². The summed E-state index contributed by atoms with van der Waals surface area (Å²) in [5.74, 6) is -0.211. The Bertz CT molecular complexity index is 519. The molecular weight excluding hydrogens is 288 g/mol. The van der Waals surface area contributed by atoms with Gasteiger partial charge in [-0.3, -0.25) is 14.5 Å². The highest BCUT2D eigenvalue weighted by Crippen LogP contribution is 2.17. The van der Waals surface area contributed by atoms with Crippen molar-refractivity contribution >= 4 is 11.8 Å². The molecule has 4 heteroatoms. The Morgan fingerprint density at radius 2 is 1.70 bits per heavy atom. The lowest BCUT2D eigenvalue weighted by atomic mass is 10.1. The van der Waals surface area contributed by atoms with Crippen LogP contribution in [0.3, 0.4) is 0 Å². The third-order valence-electron chi connectivity index (χ3n) is 4.61. The van der Waals surface area contributed by atoms with Crippen molar-refractivity contribution in [3.8, 4) is 0 Å². The second-order valence-corrected chi connectivity index (χ2v) is 6.06. The van der Waals surface area contributed by atoms with Crippen LogP contribution in [-0.2, 0) is 11.3 Å². The Kier molecular flexibility index (Phi) is 7.43. The van der Waals surface area contributed by atoms with E-state index in [0.717, 1.165) is 30.5 Å². The van der Waals surface area contributed by atoms with Crippen molar-refractivity contribution in [1.29, 1.82) is 0 Å². The number of hydrogen-bond acceptors (Lipinski definition) is 2. The van der Waals surface area contributed by atoms with Gasteiger partial charge in [0.05, 0.1) is 20.1 Å². The van der Waals surface area contributed by atoms with Crippen LogP contribution in [0.2, 0.25) is 0 Å². The first-order chi connectivity index (χ1) is 11.0. The molecule has 4 nitrogen and oxygen atoms in total. The van der Waals surface area contributed by atoms with Gasteiger partial charge in [-0.1, -0.05) is 26.0 Å². The molecule has 1 aliphatic heterocycles. The molecule has 1 heterocycles. The molecule has 1 saturated heterocycles. The van der Waals surface area contributed by atoms with E-state index in [1.165, 1.54) is 10.5 Å². The smallest absolute Gasteiger partial charge is 0.260 e. The van der Waals surface area contributed by atoms with E-state index in [-0.39, 0.29) is 11.8 Å². The molecule has 2 amide bonds. The topological polar surface area (TPSA) is 37.4 Å². The van der Waals surface area contributed by atoms with Crippen LogP contribution in [0.5, 0.6) is 0 Å². The first-order valence-corrected chi connectivity index (χ1v) is 8.76. The molecule has 1 fully saturated rings. The SMILES string of the molecule is CC.CC[N+](C)(CC)Cc1ccc(C(=O)N2CCCC2=O)cc1. The first kappa shape index (κ1) is 19.4. The lowest BCUT2D eigenvalue weighted by molar-refractivity contribution is -0.919. The fourth-order valence-electron chi connectivity index (χ4n) is 2.66. The average Bonchev–Trinajstić information content (AvgIpc) is 3.02. The van der Waals surface area contributed by atoms with Crippen molar-refractivity contribution in [2.45, 2.75) is 47.1 Å². The van der Waals surface area contributed by atoms with Gasteiger partial charge in [0, 0.05) is 24.1 Å². The van der Waals surface area contributed by atoms with Crippen molar-refractivity contribution in [3.63, 3.8) is 0 Å². The second-order valence-electron chi connectivity index (χ2n) is 6.06. The first-order valence-electron chi connectivity index (χ1n) is 8.76. The fraction of sp³-hybridized carbons (Fsp3) is 0.579. The number of nitrogens with zero attached hydrogens (tertiary/aromatic N) is 2. The number of carbonyl (C=O) groups excluding carboxylic acids is 2. The lowest BCUT2D eigenvalue weighted by Crippen LogP contribution is -2.42. The highest BCUT2D eigenvalue weighted by atomic mass is 16.2. The quantitative estimate of drug-likeness (QED) is 0.615. The molecule has 2 rings (SSSR count). The number of amides is 2. The van der Waals surface area contributed by atoms with Crippen LogP contribution in [0.15, 0.2) is 24.3 Å². The molecule has 128 valence electrons. The van der Waals surface area contributed by atoms with Crippen LogP contribution >= 0.6 is 0 Å². The number of benzene rings is 1. The highest BCUT2D eigenvalue weighted by molar-refractivity contribution is 6.05. The maximum absolute atomic E-state index is 12.3. The van der Waals surface area contributed by atoms with E-state index >= 15 is 0 Å². The minimum absolute atomic E-state index is 0.0507. The molecule has 1 aromatic carbocycles. The normalized spacial score (nSPS) is 14.5. The van der Waals surface area contributed by atoms with Gasteiger partial charge in [-0.25, -0.2) is 0 Å². The Balaban J connectivity index is 0.00000127. The standard InChI is InChI=1S/C17H25N2O2.C2H6/c1-4-19(3,5-2)13-14-8-10-15(11-9-14)17(21)18-12-6-7-16(18)20;1-2/h8-11H,4-7,12-13H2,1-3H3;1-2H3/q+1;. The summed E-state index contributed by atoms with van der Waals surface area (Å²) >= 11 is 0. The predicted octanol–water partition coefficient (Wildman–Crippen LogP) is 3.46. The van der Waals surface area contributed by atoms with E-state index in [4.69, 9.17) is 0 Å². The van der Waals surface area contributed by atoms with Gasteiger partial charge < -0.3 is 4.48 Å². The van der Waals surface area contributed by atoms with Crippen molar-refractivity contribution in [3.05, 3.63) is 35.4 Å². The van der Waals surface area contributed by atoms with Crippen LogP contribution < -0.4 is 0 Å². The minimum atomic E-state index is -0.160. The summed E-state index contributed by atoms with van der Waals surface area (Å²) in [4.78, 5) is 25.3. The number of quaternary nitrogens is 1. The maximum atomic E-state index is 12.3. The van der Waals surface area contributed by atoms with E-state index in [0.29, 0.717) is 18.5 Å². The Hall–Kier alpha value is -1.68. The Morgan fingerprint density at radius 1 is 1.13 bits per heavy atom. The van der Waals surface area contributed by atoms with Crippen LogP contribution in [0, 0.1) is 0 Å². The van der Waals surface area contributed by atoms with Gasteiger partial charge in [0.25, 0.3) is 5.91 Å². The molecule has 0 spiro atoms. The molecule has 23 heavy (non-hydrogen) atoms. The van der Waals surface area contributed by atoms with Gasteiger partial charge in [0.2, 0.25) is 5.91 Å². The molecule has 0 saturated carbocycles. The summed E-state index contributed by atoms with van der Waals surface area (Å²) in [6.45, 7) is 12.1. The number of rotatable bonds is 5. The summed E-state index contributed by atoms with van der Waals surface area (Å²) < 4.78 is 0.984. The molecule has 0 radical (unpaired) electrons. The predicted molar refractivity (Wildman–Crippen MR) is 94.0 cm³/mol. The monoisotopic (exact) mass is 319 g/mol. The molecule has 0 aromatic heterocycles. The van der Waals surface area contributed by atoms with Gasteiger partial charge in [-0.2, -0.15) is 0 Å². The van der Waals surface area contributed by atoms with Crippen LogP contribution in [0.25, 0.3) is 0 Å². The largest absolute Gasteiger partial charge is 0.323 e. The Morgan fingerprint density at radius 3 is 2.13 bits per heavy atom. The minimum Gasteiger partial charge on any atom is -0.323 e. The fourth-order valence-corrected chi connectivity index (χ4v) is 2.66. The van der Waals surface area contributed by atoms with E-state index < -0.39 is 0 Å². The molecular formula is C19H31N2O2+. The van der Waals surface area contributed by atoms with Crippen LogP contribution in [0.1, 0.15) is 56.5 Å². The van der Waals surface area contributed by atoms with Gasteiger partial charge in [0.15, 0.2) is 0 Å². The molecule has 0 atom stereocenters.